The molecular formula is C23H23N5O3. The zero-order valence-corrected chi connectivity index (χ0v) is 17.5. The third-order valence-corrected chi connectivity index (χ3v) is 4.25. The van der Waals surface area contributed by atoms with Gasteiger partial charge in [0.1, 0.15) is 11.4 Å². The molecule has 0 fully saturated rings. The molecule has 31 heavy (non-hydrogen) atoms. The average Bonchev–Trinajstić information content (AvgIpc) is 3.10. The van der Waals surface area contributed by atoms with Crippen molar-refractivity contribution in [3.05, 3.63) is 67.0 Å². The van der Waals surface area contributed by atoms with E-state index in [1.165, 1.54) is 4.57 Å². The number of nitrogens with one attached hydrogen (secondary N) is 1. The number of ether oxygens (including phenoxy) is 2. The predicted molar refractivity (Wildman–Crippen MR) is 120 cm³/mol. The Morgan fingerprint density at radius 2 is 1.94 bits per heavy atom. The molecule has 2 aromatic carbocycles. The van der Waals surface area contributed by atoms with E-state index in [-0.39, 0.29) is 0 Å². The summed E-state index contributed by atoms with van der Waals surface area (Å²) in [5.74, 6) is 1.36. The lowest BCUT2D eigenvalue weighted by atomic mass is 10.2. The van der Waals surface area contributed by atoms with Gasteiger partial charge in [-0.3, -0.25) is 4.57 Å². The van der Waals surface area contributed by atoms with Gasteiger partial charge in [-0.2, -0.15) is 4.98 Å². The Hall–Kier alpha value is -4.07. The number of hydrogen-bond acceptors (Lipinski definition) is 7. The zero-order valence-electron chi connectivity index (χ0n) is 17.5. The van der Waals surface area contributed by atoms with Gasteiger partial charge in [0.05, 0.1) is 5.52 Å². The van der Waals surface area contributed by atoms with E-state index in [0.717, 1.165) is 16.6 Å². The number of carbonyl (C=O) groups is 1. The molecule has 0 aliphatic rings. The fourth-order valence-corrected chi connectivity index (χ4v) is 2.98. The summed E-state index contributed by atoms with van der Waals surface area (Å²) in [6, 6.07) is 16.2. The molecule has 4 rings (SSSR count). The van der Waals surface area contributed by atoms with Crippen LogP contribution in [0.5, 0.6) is 11.6 Å². The molecule has 3 N–H and O–H groups in total. The smallest absolute Gasteiger partial charge is 0.418 e. The topological polar surface area (TPSA) is 104 Å². The molecule has 4 aromatic rings. The van der Waals surface area contributed by atoms with Gasteiger partial charge in [0, 0.05) is 35.2 Å². The fourth-order valence-electron chi connectivity index (χ4n) is 2.98. The maximum atomic E-state index is 12.4. The fraction of sp³-hybridized carbons (Fsp3) is 0.174. The van der Waals surface area contributed by atoms with E-state index in [4.69, 9.17) is 15.2 Å². The largest absolute Gasteiger partial charge is 0.443 e. The molecule has 158 valence electrons. The SMILES string of the molecule is CC(C)(C)OC(=O)n1ccc2cc(Oc3ccnc(Nc4cccc(N)c4)n3)ccc21. The van der Waals surface area contributed by atoms with E-state index in [1.807, 2.05) is 51.1 Å². The van der Waals surface area contributed by atoms with E-state index >= 15 is 0 Å². The van der Waals surface area contributed by atoms with Crippen molar-refractivity contribution in [3.63, 3.8) is 0 Å². The Morgan fingerprint density at radius 1 is 1.10 bits per heavy atom. The number of benzene rings is 2. The number of nitrogens with two attached hydrogens (primary N) is 1. The van der Waals surface area contributed by atoms with Gasteiger partial charge >= 0.3 is 6.09 Å². The molecule has 8 nitrogen and oxygen atoms in total. The van der Waals surface area contributed by atoms with Gasteiger partial charge in [-0.25, -0.2) is 9.78 Å². The number of fused-ring (bicyclic) bond motifs is 1. The summed E-state index contributed by atoms with van der Waals surface area (Å²) < 4.78 is 12.8. The lowest BCUT2D eigenvalue weighted by Gasteiger charge is -2.19. The summed E-state index contributed by atoms with van der Waals surface area (Å²) in [4.78, 5) is 21.0. The molecule has 0 aliphatic carbocycles. The highest BCUT2D eigenvalue weighted by molar-refractivity contribution is 5.90. The van der Waals surface area contributed by atoms with Crippen LogP contribution in [-0.4, -0.2) is 26.2 Å². The minimum absolute atomic E-state index is 0.382. The molecule has 0 spiro atoms. The summed E-state index contributed by atoms with van der Waals surface area (Å²) in [7, 11) is 0. The molecule has 0 amide bonds. The first-order valence-corrected chi connectivity index (χ1v) is 9.75. The maximum absolute atomic E-state index is 12.4. The van der Waals surface area contributed by atoms with Crippen LogP contribution in [-0.2, 0) is 4.74 Å². The van der Waals surface area contributed by atoms with Gasteiger partial charge in [0.2, 0.25) is 11.8 Å². The molecular weight excluding hydrogens is 394 g/mol. The van der Waals surface area contributed by atoms with Crippen LogP contribution >= 0.6 is 0 Å². The number of rotatable bonds is 4. The van der Waals surface area contributed by atoms with Crippen molar-refractivity contribution in [3.8, 4) is 11.6 Å². The normalized spacial score (nSPS) is 11.3. The minimum atomic E-state index is -0.568. The molecule has 0 aliphatic heterocycles. The second kappa shape index (κ2) is 7.98. The van der Waals surface area contributed by atoms with Crippen molar-refractivity contribution in [2.45, 2.75) is 26.4 Å². The zero-order chi connectivity index (χ0) is 22.0. The summed E-state index contributed by atoms with van der Waals surface area (Å²) in [6.45, 7) is 5.50. The number of carbonyl (C=O) groups excluding carboxylic acids is 1. The Morgan fingerprint density at radius 3 is 2.71 bits per heavy atom. The van der Waals surface area contributed by atoms with E-state index in [2.05, 4.69) is 15.3 Å². The second-order valence-electron chi connectivity index (χ2n) is 7.96. The Kier molecular flexibility index (Phi) is 5.21. The first-order valence-electron chi connectivity index (χ1n) is 9.75. The van der Waals surface area contributed by atoms with Gasteiger partial charge in [0.15, 0.2) is 0 Å². The summed E-state index contributed by atoms with van der Waals surface area (Å²) >= 11 is 0. The Balaban J connectivity index is 1.52. The summed E-state index contributed by atoms with van der Waals surface area (Å²) in [5, 5.41) is 3.94. The predicted octanol–water partition coefficient (Wildman–Crippen LogP) is 5.33. The molecule has 0 unspecified atom stereocenters. The third kappa shape index (κ3) is 4.92. The molecule has 0 bridgehead atoms. The van der Waals surface area contributed by atoms with Gasteiger partial charge in [0.25, 0.3) is 0 Å². The number of aromatic nitrogens is 3. The molecule has 2 aromatic heterocycles. The lowest BCUT2D eigenvalue weighted by molar-refractivity contribution is 0.0544. The average molecular weight is 417 g/mol. The highest BCUT2D eigenvalue weighted by Gasteiger charge is 2.19. The molecule has 2 heterocycles. The Bertz CT molecular complexity index is 1240. The van der Waals surface area contributed by atoms with Gasteiger partial charge in [-0.1, -0.05) is 6.07 Å². The highest BCUT2D eigenvalue weighted by atomic mass is 16.6. The van der Waals surface area contributed by atoms with Crippen LogP contribution < -0.4 is 15.8 Å². The van der Waals surface area contributed by atoms with Crippen LogP contribution in [0.2, 0.25) is 0 Å². The van der Waals surface area contributed by atoms with Crippen LogP contribution in [0.15, 0.2) is 67.0 Å². The molecule has 0 atom stereocenters. The van der Waals surface area contributed by atoms with Crippen molar-refractivity contribution in [1.82, 2.24) is 14.5 Å². The quantitative estimate of drug-likeness (QED) is 0.432. The molecule has 0 saturated carbocycles. The van der Waals surface area contributed by atoms with Gasteiger partial charge in [-0.05, 0) is 63.2 Å². The second-order valence-corrected chi connectivity index (χ2v) is 7.96. The van der Waals surface area contributed by atoms with E-state index in [0.29, 0.717) is 23.3 Å². The van der Waals surface area contributed by atoms with E-state index in [9.17, 15) is 4.79 Å². The number of nitrogen functional groups attached to an aromatic ring is 1. The van der Waals surface area contributed by atoms with Crippen molar-refractivity contribution < 1.29 is 14.3 Å². The molecule has 0 saturated heterocycles. The van der Waals surface area contributed by atoms with Crippen LogP contribution in [0.4, 0.5) is 22.1 Å². The summed E-state index contributed by atoms with van der Waals surface area (Å²) in [5.41, 5.74) is 7.39. The van der Waals surface area contributed by atoms with Crippen LogP contribution in [0.3, 0.4) is 0 Å². The lowest BCUT2D eigenvalue weighted by Crippen LogP contribution is -2.26. The van der Waals surface area contributed by atoms with E-state index < -0.39 is 11.7 Å². The van der Waals surface area contributed by atoms with Gasteiger partial charge in [-0.15, -0.1) is 0 Å². The van der Waals surface area contributed by atoms with Crippen molar-refractivity contribution >= 4 is 34.3 Å². The third-order valence-electron chi connectivity index (χ3n) is 4.25. The number of nitrogens with zero attached hydrogens (tertiary/aromatic N) is 3. The van der Waals surface area contributed by atoms with Gasteiger partial charge < -0.3 is 20.5 Å². The van der Waals surface area contributed by atoms with E-state index in [1.54, 1.807) is 36.7 Å². The first kappa shape index (κ1) is 20.2. The van der Waals surface area contributed by atoms with Crippen molar-refractivity contribution in [2.75, 3.05) is 11.1 Å². The number of anilines is 3. The molecule has 0 radical (unpaired) electrons. The molecule has 8 heteroatoms. The highest BCUT2D eigenvalue weighted by Crippen LogP contribution is 2.27. The number of hydrogen-bond donors (Lipinski definition) is 2. The standard InChI is InChI=1S/C23H23N5O3/c1-23(2,3)31-22(29)28-12-10-15-13-18(7-8-19(15)28)30-20-9-11-25-21(27-20)26-17-6-4-5-16(24)14-17/h4-14H,24H2,1-3H3,(H,25,26,27). The Labute approximate surface area is 179 Å². The first-order chi connectivity index (χ1) is 14.8. The maximum Gasteiger partial charge on any atom is 0.418 e. The van der Waals surface area contributed by atoms with Crippen LogP contribution in [0.1, 0.15) is 20.8 Å². The monoisotopic (exact) mass is 417 g/mol. The minimum Gasteiger partial charge on any atom is -0.443 e. The van der Waals surface area contributed by atoms with Crippen molar-refractivity contribution in [2.24, 2.45) is 0 Å². The van der Waals surface area contributed by atoms with Crippen LogP contribution in [0.25, 0.3) is 10.9 Å². The summed E-state index contributed by atoms with van der Waals surface area (Å²) in [6.07, 6.45) is 2.86. The van der Waals surface area contributed by atoms with Crippen molar-refractivity contribution in [1.29, 1.82) is 0 Å². The van der Waals surface area contributed by atoms with Crippen LogP contribution in [0, 0.1) is 0 Å².